The second kappa shape index (κ2) is 8.17. The summed E-state index contributed by atoms with van der Waals surface area (Å²) in [5.74, 6) is 1.86. The van der Waals surface area contributed by atoms with Crippen molar-refractivity contribution in [3.8, 4) is 12.3 Å². The van der Waals surface area contributed by atoms with Crippen molar-refractivity contribution in [1.29, 1.82) is 0 Å². The molecule has 2 aromatic rings. The molecule has 2 nitrogen and oxygen atoms in total. The Morgan fingerprint density at radius 1 is 1.26 bits per heavy atom. The van der Waals surface area contributed by atoms with Gasteiger partial charge in [0.1, 0.15) is 5.82 Å². The quantitative estimate of drug-likeness (QED) is 0.596. The van der Waals surface area contributed by atoms with Gasteiger partial charge in [-0.1, -0.05) is 47.9 Å². The average Bonchev–Trinajstić information content (AvgIpc) is 2.54. The summed E-state index contributed by atoms with van der Waals surface area (Å²) in [5.41, 5.74) is 1.42. The first-order valence-electron chi connectivity index (χ1n) is 6.99. The van der Waals surface area contributed by atoms with E-state index in [9.17, 15) is 9.18 Å². The minimum absolute atomic E-state index is 0.164. The molecule has 0 aliphatic rings. The zero-order chi connectivity index (χ0) is 16.7. The second-order valence-electron chi connectivity index (χ2n) is 4.88. The highest BCUT2D eigenvalue weighted by molar-refractivity contribution is 6.31. The lowest BCUT2D eigenvalue weighted by atomic mass is 10.2. The predicted molar refractivity (Wildman–Crippen MR) is 91.1 cm³/mol. The van der Waals surface area contributed by atoms with E-state index in [1.807, 2.05) is 18.2 Å². The Morgan fingerprint density at radius 3 is 2.74 bits per heavy atom. The molecule has 0 aromatic heterocycles. The van der Waals surface area contributed by atoms with Crippen LogP contribution in [0.1, 0.15) is 11.1 Å². The highest BCUT2D eigenvalue weighted by atomic mass is 35.5. The molecular weight excluding hydrogens is 313 g/mol. The van der Waals surface area contributed by atoms with E-state index in [4.69, 9.17) is 18.0 Å². The number of amides is 1. The predicted octanol–water partition coefficient (Wildman–Crippen LogP) is 4.15. The van der Waals surface area contributed by atoms with Gasteiger partial charge < -0.3 is 4.90 Å². The summed E-state index contributed by atoms with van der Waals surface area (Å²) in [6.45, 7) is 0.480. The summed E-state index contributed by atoms with van der Waals surface area (Å²) in [6, 6.07) is 13.3. The number of terminal acetylenes is 1. The van der Waals surface area contributed by atoms with Gasteiger partial charge in [-0.05, 0) is 35.4 Å². The van der Waals surface area contributed by atoms with Gasteiger partial charge in [0, 0.05) is 17.6 Å². The van der Waals surface area contributed by atoms with Crippen molar-refractivity contribution < 1.29 is 9.18 Å². The van der Waals surface area contributed by atoms with E-state index in [1.54, 1.807) is 24.3 Å². The molecule has 0 saturated heterocycles. The van der Waals surface area contributed by atoms with Crippen molar-refractivity contribution in [2.24, 2.45) is 0 Å². The van der Waals surface area contributed by atoms with Gasteiger partial charge in [-0.3, -0.25) is 4.79 Å². The SMILES string of the molecule is C#CCN(Cc1ccccc1Cl)C(=O)/C=C\c1cccc(F)c1. The number of nitrogens with zero attached hydrogens (tertiary/aromatic N) is 1. The molecular formula is C19H15ClFNO. The van der Waals surface area contributed by atoms with Gasteiger partial charge in [-0.25, -0.2) is 4.39 Å². The van der Waals surface area contributed by atoms with Crippen LogP contribution < -0.4 is 0 Å². The Balaban J connectivity index is 2.12. The maximum Gasteiger partial charge on any atom is 0.247 e. The zero-order valence-corrected chi connectivity index (χ0v) is 13.1. The highest BCUT2D eigenvalue weighted by Crippen LogP contribution is 2.17. The van der Waals surface area contributed by atoms with E-state index in [0.29, 0.717) is 17.1 Å². The Bertz CT molecular complexity index is 764. The lowest BCUT2D eigenvalue weighted by molar-refractivity contribution is -0.125. The summed E-state index contributed by atoms with van der Waals surface area (Å²) in [7, 11) is 0. The van der Waals surface area contributed by atoms with Crippen LogP contribution in [-0.4, -0.2) is 17.4 Å². The van der Waals surface area contributed by atoms with Crippen LogP contribution in [0.15, 0.2) is 54.6 Å². The first kappa shape index (κ1) is 16.8. The zero-order valence-electron chi connectivity index (χ0n) is 12.4. The van der Waals surface area contributed by atoms with Crippen molar-refractivity contribution in [3.05, 3.63) is 76.6 Å². The Labute approximate surface area is 140 Å². The molecule has 0 unspecified atom stereocenters. The van der Waals surface area contributed by atoms with E-state index < -0.39 is 0 Å². The number of hydrogen-bond donors (Lipinski definition) is 0. The Hall–Kier alpha value is -2.57. The van der Waals surface area contributed by atoms with Crippen molar-refractivity contribution in [2.45, 2.75) is 6.54 Å². The molecule has 0 aliphatic heterocycles. The van der Waals surface area contributed by atoms with Crippen molar-refractivity contribution >= 4 is 23.6 Å². The summed E-state index contributed by atoms with van der Waals surface area (Å²) in [5, 5.41) is 0.580. The normalized spacial score (nSPS) is 10.5. The van der Waals surface area contributed by atoms with E-state index in [0.717, 1.165) is 5.56 Å². The van der Waals surface area contributed by atoms with Crippen molar-refractivity contribution in [3.63, 3.8) is 0 Å². The lowest BCUT2D eigenvalue weighted by Crippen LogP contribution is -2.29. The Kier molecular flexibility index (Phi) is 5.96. The van der Waals surface area contributed by atoms with Gasteiger partial charge >= 0.3 is 0 Å². The summed E-state index contributed by atoms with van der Waals surface area (Å²) < 4.78 is 13.1. The van der Waals surface area contributed by atoms with Crippen LogP contribution in [0, 0.1) is 18.2 Å². The third-order valence-corrected chi connectivity index (χ3v) is 3.55. The van der Waals surface area contributed by atoms with Crippen LogP contribution in [0.25, 0.3) is 6.08 Å². The first-order chi connectivity index (χ1) is 11.1. The molecule has 0 fully saturated rings. The van der Waals surface area contributed by atoms with Crippen LogP contribution in [0.4, 0.5) is 4.39 Å². The number of halogens is 2. The van der Waals surface area contributed by atoms with E-state index in [1.165, 1.54) is 23.1 Å². The number of benzene rings is 2. The van der Waals surface area contributed by atoms with Crippen LogP contribution in [0.2, 0.25) is 5.02 Å². The molecule has 0 spiro atoms. The van der Waals surface area contributed by atoms with Gasteiger partial charge in [0.2, 0.25) is 5.91 Å². The van der Waals surface area contributed by atoms with Crippen LogP contribution >= 0.6 is 11.6 Å². The second-order valence-corrected chi connectivity index (χ2v) is 5.29. The maximum atomic E-state index is 13.1. The molecule has 0 bridgehead atoms. The molecule has 1 amide bonds. The van der Waals surface area contributed by atoms with Gasteiger partial charge in [0.25, 0.3) is 0 Å². The van der Waals surface area contributed by atoms with Gasteiger partial charge in [-0.15, -0.1) is 6.42 Å². The van der Waals surface area contributed by atoms with E-state index >= 15 is 0 Å². The van der Waals surface area contributed by atoms with Crippen molar-refractivity contribution in [1.82, 2.24) is 4.90 Å². The van der Waals surface area contributed by atoms with E-state index in [2.05, 4.69) is 5.92 Å². The number of carbonyl (C=O) groups is 1. The maximum absolute atomic E-state index is 13.1. The highest BCUT2D eigenvalue weighted by Gasteiger charge is 2.11. The van der Waals surface area contributed by atoms with Gasteiger partial charge in [-0.2, -0.15) is 0 Å². The largest absolute Gasteiger partial charge is 0.324 e. The minimum atomic E-state index is -0.351. The third-order valence-electron chi connectivity index (χ3n) is 3.18. The van der Waals surface area contributed by atoms with Crippen LogP contribution in [0.5, 0.6) is 0 Å². The van der Waals surface area contributed by atoms with Gasteiger partial charge in [0.05, 0.1) is 6.54 Å². The molecule has 0 N–H and O–H groups in total. The summed E-state index contributed by atoms with van der Waals surface area (Å²) in [6.07, 6.45) is 8.27. The molecule has 0 atom stereocenters. The molecule has 0 aliphatic carbocycles. The molecule has 2 rings (SSSR count). The topological polar surface area (TPSA) is 20.3 Å². The molecule has 0 heterocycles. The fourth-order valence-electron chi connectivity index (χ4n) is 2.04. The van der Waals surface area contributed by atoms with Crippen molar-refractivity contribution in [2.75, 3.05) is 6.54 Å². The smallest absolute Gasteiger partial charge is 0.247 e. The monoisotopic (exact) mass is 327 g/mol. The van der Waals surface area contributed by atoms with E-state index in [-0.39, 0.29) is 18.3 Å². The lowest BCUT2D eigenvalue weighted by Gasteiger charge is -2.19. The molecule has 116 valence electrons. The number of hydrogen-bond acceptors (Lipinski definition) is 1. The number of rotatable bonds is 5. The number of carbonyl (C=O) groups excluding carboxylic acids is 1. The third kappa shape index (κ3) is 4.98. The fraction of sp³-hybridized carbons (Fsp3) is 0.105. The summed E-state index contributed by atoms with van der Waals surface area (Å²) >= 11 is 6.11. The fourth-order valence-corrected chi connectivity index (χ4v) is 2.23. The van der Waals surface area contributed by atoms with Gasteiger partial charge in [0.15, 0.2) is 0 Å². The minimum Gasteiger partial charge on any atom is -0.324 e. The molecule has 0 saturated carbocycles. The molecule has 23 heavy (non-hydrogen) atoms. The molecule has 4 heteroatoms. The standard InChI is InChI=1S/C19H15ClFNO/c1-2-12-22(14-16-7-3-4-9-18(16)20)19(23)11-10-15-6-5-8-17(21)13-15/h1,3-11,13H,12,14H2/b11-10-. The van der Waals surface area contributed by atoms with Crippen LogP contribution in [-0.2, 0) is 11.3 Å². The molecule has 2 aromatic carbocycles. The molecule has 0 radical (unpaired) electrons. The average molecular weight is 328 g/mol. The Morgan fingerprint density at radius 2 is 2.04 bits per heavy atom. The van der Waals surface area contributed by atoms with Crippen LogP contribution in [0.3, 0.4) is 0 Å². The summed E-state index contributed by atoms with van der Waals surface area (Å²) in [4.78, 5) is 13.8. The first-order valence-corrected chi connectivity index (χ1v) is 7.37.